The van der Waals surface area contributed by atoms with Crippen LogP contribution in [0.3, 0.4) is 0 Å². The first-order valence-corrected chi connectivity index (χ1v) is 13.9. The van der Waals surface area contributed by atoms with E-state index in [4.69, 9.17) is 14.2 Å². The summed E-state index contributed by atoms with van der Waals surface area (Å²) < 4.78 is 35.8. The molecule has 0 spiro atoms. The summed E-state index contributed by atoms with van der Waals surface area (Å²) in [7, 11) is 1.61. The number of aromatic nitrogens is 4. The molecule has 13 heteroatoms. The van der Waals surface area contributed by atoms with E-state index in [2.05, 4.69) is 32.2 Å². The second-order valence-corrected chi connectivity index (χ2v) is 10.3. The van der Waals surface area contributed by atoms with E-state index in [9.17, 15) is 14.4 Å². The third-order valence-corrected chi connectivity index (χ3v) is 7.07. The zero-order valence-electron chi connectivity index (χ0n) is 24.3. The zero-order valence-corrected chi connectivity index (χ0v) is 24.3. The zero-order chi connectivity index (χ0) is 31.4. The fourth-order valence-electron chi connectivity index (χ4n) is 4.70. The number of imidazole rings is 1. The molecular formula is C31H31FN6O6. The highest BCUT2D eigenvalue weighted by molar-refractivity contribution is 5.93. The maximum atomic E-state index is 17.2. The number of hydrogen-bond donors (Lipinski definition) is 2. The van der Waals surface area contributed by atoms with Crippen molar-refractivity contribution in [2.24, 2.45) is 5.92 Å². The van der Waals surface area contributed by atoms with Crippen molar-refractivity contribution in [3.8, 4) is 0 Å². The predicted molar refractivity (Wildman–Crippen MR) is 159 cm³/mol. The Labute approximate surface area is 252 Å². The minimum absolute atomic E-state index is 0.0382. The lowest BCUT2D eigenvalue weighted by atomic mass is 9.95. The molecule has 2 aromatic heterocycles. The maximum Gasteiger partial charge on any atom is 0.338 e. The molecule has 228 valence electrons. The van der Waals surface area contributed by atoms with Crippen molar-refractivity contribution in [3.05, 3.63) is 90.8 Å². The van der Waals surface area contributed by atoms with Gasteiger partial charge in [0.05, 0.1) is 17.5 Å². The molecule has 2 aromatic carbocycles. The Morgan fingerprint density at radius 1 is 1.07 bits per heavy atom. The Bertz CT molecular complexity index is 1680. The highest BCUT2D eigenvalue weighted by Gasteiger charge is 2.60. The van der Waals surface area contributed by atoms with Gasteiger partial charge in [-0.1, -0.05) is 56.8 Å². The van der Waals surface area contributed by atoms with Crippen molar-refractivity contribution in [2.75, 3.05) is 24.3 Å². The number of carbonyl (C=O) groups excluding carboxylic acids is 3. The lowest BCUT2D eigenvalue weighted by molar-refractivity contribution is -0.118. The summed E-state index contributed by atoms with van der Waals surface area (Å²) in [6.45, 7) is 6.66. The number of benzene rings is 2. The van der Waals surface area contributed by atoms with Crippen molar-refractivity contribution in [1.29, 1.82) is 0 Å². The van der Waals surface area contributed by atoms with E-state index in [1.807, 2.05) is 0 Å². The number of esters is 2. The predicted octanol–water partition coefficient (Wildman–Crippen LogP) is 4.34. The van der Waals surface area contributed by atoms with Gasteiger partial charge in [-0.15, -0.1) is 0 Å². The van der Waals surface area contributed by atoms with E-state index in [0.717, 1.165) is 6.08 Å². The molecule has 1 amide bonds. The Morgan fingerprint density at radius 2 is 1.70 bits per heavy atom. The number of ether oxygens (including phenoxy) is 3. The highest BCUT2D eigenvalue weighted by Crippen LogP contribution is 2.46. The summed E-state index contributed by atoms with van der Waals surface area (Å²) in [5.41, 5.74) is -1.70. The molecule has 0 saturated carbocycles. The first-order valence-electron chi connectivity index (χ1n) is 13.9. The van der Waals surface area contributed by atoms with Crippen LogP contribution in [-0.4, -0.2) is 68.9 Å². The lowest BCUT2D eigenvalue weighted by Gasteiger charge is -2.28. The third kappa shape index (κ3) is 5.86. The SMILES string of the molecule is C=C[C@@]1(F)C(OC(=O)c2ccccc2)[C@@H](COC(=O)c2ccccc2)O[C@H]1n1cnc2c(NC)nc(NC(=O)C(C)C)nc21. The number of carbonyl (C=O) groups is 3. The second kappa shape index (κ2) is 12.6. The molecule has 4 aromatic rings. The van der Waals surface area contributed by atoms with Gasteiger partial charge in [-0.3, -0.25) is 14.7 Å². The topological polar surface area (TPSA) is 147 Å². The molecular weight excluding hydrogens is 571 g/mol. The molecule has 12 nitrogen and oxygen atoms in total. The molecule has 0 radical (unpaired) electrons. The Kier molecular flexibility index (Phi) is 8.67. The molecule has 1 fully saturated rings. The van der Waals surface area contributed by atoms with Gasteiger partial charge in [0, 0.05) is 13.0 Å². The molecule has 44 heavy (non-hydrogen) atoms. The Balaban J connectivity index is 1.53. The van der Waals surface area contributed by atoms with Crippen molar-refractivity contribution in [2.45, 2.75) is 38.0 Å². The molecule has 3 heterocycles. The van der Waals surface area contributed by atoms with Crippen molar-refractivity contribution in [1.82, 2.24) is 19.5 Å². The first kappa shape index (κ1) is 30.3. The van der Waals surface area contributed by atoms with E-state index in [0.29, 0.717) is 0 Å². The van der Waals surface area contributed by atoms with Crippen LogP contribution in [0.2, 0.25) is 0 Å². The van der Waals surface area contributed by atoms with E-state index in [-0.39, 0.29) is 45.9 Å². The molecule has 1 aliphatic heterocycles. The van der Waals surface area contributed by atoms with Crippen LogP contribution in [0.5, 0.6) is 0 Å². The monoisotopic (exact) mass is 602 g/mol. The van der Waals surface area contributed by atoms with Gasteiger partial charge in [-0.25, -0.2) is 19.0 Å². The summed E-state index contributed by atoms with van der Waals surface area (Å²) in [5, 5.41) is 5.54. The average molecular weight is 603 g/mol. The van der Waals surface area contributed by atoms with E-state index >= 15 is 4.39 Å². The van der Waals surface area contributed by atoms with E-state index < -0.39 is 42.7 Å². The first-order chi connectivity index (χ1) is 21.2. The Morgan fingerprint density at radius 3 is 2.30 bits per heavy atom. The summed E-state index contributed by atoms with van der Waals surface area (Å²) >= 11 is 0. The van der Waals surface area contributed by atoms with Gasteiger partial charge in [0.2, 0.25) is 17.5 Å². The van der Waals surface area contributed by atoms with Crippen LogP contribution in [-0.2, 0) is 19.0 Å². The van der Waals surface area contributed by atoms with Crippen LogP contribution >= 0.6 is 0 Å². The third-order valence-electron chi connectivity index (χ3n) is 7.07. The van der Waals surface area contributed by atoms with Gasteiger partial charge < -0.3 is 19.5 Å². The number of anilines is 2. The van der Waals surface area contributed by atoms with Crippen LogP contribution < -0.4 is 10.6 Å². The second-order valence-electron chi connectivity index (χ2n) is 10.3. The van der Waals surface area contributed by atoms with Crippen molar-refractivity contribution < 1.29 is 33.0 Å². The van der Waals surface area contributed by atoms with Crippen LogP contribution in [0, 0.1) is 5.92 Å². The number of nitrogens with one attached hydrogen (secondary N) is 2. The van der Waals surface area contributed by atoms with Crippen molar-refractivity contribution in [3.63, 3.8) is 0 Å². The lowest BCUT2D eigenvalue weighted by Crippen LogP contribution is -2.45. The number of rotatable bonds is 10. The quantitative estimate of drug-likeness (QED) is 0.199. The summed E-state index contributed by atoms with van der Waals surface area (Å²) in [6, 6.07) is 16.3. The molecule has 2 N–H and O–H groups in total. The number of fused-ring (bicyclic) bond motifs is 1. The molecule has 1 unspecified atom stereocenters. The van der Waals surface area contributed by atoms with Gasteiger partial charge in [0.1, 0.15) is 12.7 Å². The summed E-state index contributed by atoms with van der Waals surface area (Å²) in [6.07, 6.45) is -2.10. The van der Waals surface area contributed by atoms with Gasteiger partial charge in [-0.2, -0.15) is 9.97 Å². The molecule has 1 aliphatic rings. The van der Waals surface area contributed by atoms with E-state index in [1.165, 1.54) is 23.0 Å². The average Bonchev–Trinajstić information content (AvgIpc) is 3.58. The minimum atomic E-state index is -2.55. The molecule has 0 bridgehead atoms. The maximum absolute atomic E-state index is 17.2. The van der Waals surface area contributed by atoms with Crippen molar-refractivity contribution >= 4 is 40.8 Å². The minimum Gasteiger partial charge on any atom is -0.459 e. The number of amides is 1. The van der Waals surface area contributed by atoms with Crippen LogP contribution in [0.25, 0.3) is 11.2 Å². The largest absolute Gasteiger partial charge is 0.459 e. The number of halogens is 1. The standard InChI is InChI=1S/C31H31FN6O6/c1-5-31(32)23(44-28(41)20-14-10-7-11-15-20)21(16-42-27(40)19-12-8-6-9-13-19)43-29(31)38-17-34-22-24(33-4)35-30(36-25(22)38)37-26(39)18(2)3/h5-15,17-18,21,23,29H,1,16H2,2-4H3,(H2,33,35,36,37,39)/t21-,23?,29-,31-/m1/s1. The smallest absolute Gasteiger partial charge is 0.338 e. The van der Waals surface area contributed by atoms with Crippen LogP contribution in [0.1, 0.15) is 40.8 Å². The summed E-state index contributed by atoms with van der Waals surface area (Å²) in [4.78, 5) is 51.3. The highest BCUT2D eigenvalue weighted by atomic mass is 19.1. The van der Waals surface area contributed by atoms with E-state index in [1.54, 1.807) is 69.4 Å². The number of hydrogen-bond acceptors (Lipinski definition) is 10. The molecule has 1 saturated heterocycles. The van der Waals surface area contributed by atoms with Gasteiger partial charge >= 0.3 is 11.9 Å². The summed E-state index contributed by atoms with van der Waals surface area (Å²) in [5.74, 6) is -1.92. The van der Waals surface area contributed by atoms with Gasteiger partial charge in [0.25, 0.3) is 0 Å². The Hall–Kier alpha value is -5.17. The number of alkyl halides is 1. The van der Waals surface area contributed by atoms with Gasteiger partial charge in [0.15, 0.2) is 29.3 Å². The fraction of sp³-hybridized carbons (Fsp3) is 0.290. The molecule has 0 aliphatic carbocycles. The molecule has 4 atom stereocenters. The van der Waals surface area contributed by atoms with Crippen LogP contribution in [0.4, 0.5) is 16.2 Å². The normalized spacial score (nSPS) is 21.2. The molecule has 5 rings (SSSR count). The fourth-order valence-corrected chi connectivity index (χ4v) is 4.70. The van der Waals surface area contributed by atoms with Gasteiger partial charge in [-0.05, 0) is 30.3 Å². The number of nitrogens with zero attached hydrogens (tertiary/aromatic N) is 4. The van der Waals surface area contributed by atoms with Crippen LogP contribution in [0.15, 0.2) is 79.6 Å².